The monoisotopic (exact) mass is 295 g/mol. The smallest absolute Gasteiger partial charge is 0.150 e. The van der Waals surface area contributed by atoms with E-state index in [0.717, 1.165) is 22.3 Å². The van der Waals surface area contributed by atoms with E-state index in [-0.39, 0.29) is 5.92 Å². The van der Waals surface area contributed by atoms with Crippen LogP contribution in [0.3, 0.4) is 0 Å². The molecule has 0 heterocycles. The average Bonchev–Trinajstić information content (AvgIpc) is 2.85. The number of nitrogens with zero attached hydrogens (tertiary/aromatic N) is 1. The summed E-state index contributed by atoms with van der Waals surface area (Å²) in [6.45, 7) is 4.57. The van der Waals surface area contributed by atoms with Crippen LogP contribution >= 0.6 is 15.9 Å². The molecule has 2 unspecified atom stereocenters. The zero-order chi connectivity index (χ0) is 12.6. The molecule has 1 fully saturated rings. The second-order valence-electron chi connectivity index (χ2n) is 4.97. The van der Waals surface area contributed by atoms with Crippen LogP contribution in [-0.2, 0) is 0 Å². The first-order valence-electron chi connectivity index (χ1n) is 5.76. The highest BCUT2D eigenvalue weighted by Gasteiger charge is 2.50. The molecule has 0 bridgehead atoms. The number of rotatable bonds is 4. The number of halogens is 2. The second-order valence-corrected chi connectivity index (χ2v) is 5.88. The van der Waals surface area contributed by atoms with Crippen molar-refractivity contribution in [3.8, 4) is 0 Å². The van der Waals surface area contributed by atoms with Crippen molar-refractivity contribution in [1.82, 2.24) is 0 Å². The molecule has 1 aliphatic carbocycles. The van der Waals surface area contributed by atoms with Gasteiger partial charge < -0.3 is 4.90 Å². The van der Waals surface area contributed by atoms with Gasteiger partial charge in [0.25, 0.3) is 0 Å². The molecular formula is C13H16BBrFN. The Kier molecular flexibility index (Phi) is 3.35. The van der Waals surface area contributed by atoms with Gasteiger partial charge in [0, 0.05) is 29.7 Å². The molecule has 0 saturated heterocycles. The lowest BCUT2D eigenvalue weighted by molar-refractivity contribution is 0.394. The third-order valence-corrected chi connectivity index (χ3v) is 3.95. The Labute approximate surface area is 111 Å². The number of benzene rings is 1. The Morgan fingerprint density at radius 1 is 1.71 bits per heavy atom. The summed E-state index contributed by atoms with van der Waals surface area (Å²) in [5.74, 6) is 0.157. The first-order valence-corrected chi connectivity index (χ1v) is 6.55. The number of anilines is 1. The molecule has 0 N–H and O–H groups in total. The van der Waals surface area contributed by atoms with E-state index in [2.05, 4.69) is 33.5 Å². The molecule has 17 heavy (non-hydrogen) atoms. The minimum absolute atomic E-state index is 0.157. The zero-order valence-electron chi connectivity index (χ0n) is 10.2. The lowest BCUT2D eigenvalue weighted by Gasteiger charge is -2.22. The van der Waals surface area contributed by atoms with Crippen LogP contribution < -0.4 is 4.90 Å². The standard InChI is InChI=1S/C13H16BBrFN/c1-3-9-4-5-11(15)6-12(9)17(2)8-10-7-13(10,14)16/h3-6,10H,1,7-8,14H2,2H3. The van der Waals surface area contributed by atoms with Gasteiger partial charge in [-0.25, -0.2) is 0 Å². The lowest BCUT2D eigenvalue weighted by atomic mass is 9.96. The molecule has 2 rings (SSSR count). The molecule has 4 heteroatoms. The Morgan fingerprint density at radius 2 is 2.35 bits per heavy atom. The zero-order valence-corrected chi connectivity index (χ0v) is 11.8. The molecule has 0 spiro atoms. The normalized spacial score (nSPS) is 26.6. The maximum atomic E-state index is 13.5. The Hall–Kier alpha value is -0.765. The highest BCUT2D eigenvalue weighted by atomic mass is 79.9. The molecule has 0 aromatic heterocycles. The van der Waals surface area contributed by atoms with Crippen molar-refractivity contribution in [2.45, 2.75) is 12.0 Å². The van der Waals surface area contributed by atoms with E-state index in [1.54, 1.807) is 7.85 Å². The van der Waals surface area contributed by atoms with E-state index in [0.29, 0.717) is 6.42 Å². The predicted molar refractivity (Wildman–Crippen MR) is 78.0 cm³/mol. The molecule has 90 valence electrons. The third kappa shape index (κ3) is 2.74. The van der Waals surface area contributed by atoms with Gasteiger partial charge in [0.2, 0.25) is 0 Å². The molecule has 1 aromatic carbocycles. The topological polar surface area (TPSA) is 3.24 Å². The molecule has 0 amide bonds. The maximum Gasteiger partial charge on any atom is 0.150 e. The van der Waals surface area contributed by atoms with E-state index >= 15 is 0 Å². The van der Waals surface area contributed by atoms with Crippen molar-refractivity contribution in [1.29, 1.82) is 0 Å². The summed E-state index contributed by atoms with van der Waals surface area (Å²) in [6.07, 6.45) is 2.51. The molecule has 0 radical (unpaired) electrons. The lowest BCUT2D eigenvalue weighted by Crippen LogP contribution is -2.23. The fraction of sp³-hybridized carbons (Fsp3) is 0.385. The van der Waals surface area contributed by atoms with E-state index < -0.39 is 5.57 Å². The minimum Gasteiger partial charge on any atom is -0.374 e. The summed E-state index contributed by atoms with van der Waals surface area (Å²) in [6, 6.07) is 6.06. The van der Waals surface area contributed by atoms with Crippen LogP contribution in [0.1, 0.15) is 12.0 Å². The molecule has 2 atom stereocenters. The quantitative estimate of drug-likeness (QED) is 0.772. The van der Waals surface area contributed by atoms with Crippen LogP contribution in [0.15, 0.2) is 29.3 Å². The van der Waals surface area contributed by atoms with Crippen molar-refractivity contribution in [3.05, 3.63) is 34.8 Å². The number of hydrogen-bond donors (Lipinski definition) is 0. The highest BCUT2D eigenvalue weighted by molar-refractivity contribution is 9.10. The fourth-order valence-electron chi connectivity index (χ4n) is 2.13. The van der Waals surface area contributed by atoms with Crippen molar-refractivity contribution in [3.63, 3.8) is 0 Å². The molecule has 1 aliphatic rings. The number of alkyl halides is 1. The van der Waals surface area contributed by atoms with Gasteiger partial charge in [0.15, 0.2) is 7.85 Å². The molecule has 0 aliphatic heterocycles. The van der Waals surface area contributed by atoms with Crippen LogP contribution in [0, 0.1) is 5.92 Å². The van der Waals surface area contributed by atoms with Crippen molar-refractivity contribution in [2.24, 2.45) is 5.92 Å². The summed E-state index contributed by atoms with van der Waals surface area (Å²) in [5.41, 5.74) is 1.21. The van der Waals surface area contributed by atoms with E-state index in [9.17, 15) is 4.39 Å². The maximum absolute atomic E-state index is 13.5. The summed E-state index contributed by atoms with van der Waals surface area (Å²) in [4.78, 5) is 2.11. The van der Waals surface area contributed by atoms with Gasteiger partial charge in [-0.05, 0) is 24.1 Å². The first-order chi connectivity index (χ1) is 7.94. The summed E-state index contributed by atoms with van der Waals surface area (Å²) in [7, 11) is 3.68. The minimum atomic E-state index is -0.964. The Balaban J connectivity index is 2.15. The van der Waals surface area contributed by atoms with E-state index in [1.165, 1.54) is 0 Å². The van der Waals surface area contributed by atoms with Crippen LogP contribution in [0.5, 0.6) is 0 Å². The van der Waals surface area contributed by atoms with Crippen LogP contribution in [-0.4, -0.2) is 27.0 Å². The fourth-order valence-corrected chi connectivity index (χ4v) is 2.48. The van der Waals surface area contributed by atoms with Gasteiger partial charge in [0.05, 0.1) is 5.57 Å². The van der Waals surface area contributed by atoms with Crippen LogP contribution in [0.2, 0.25) is 0 Å². The SMILES string of the molecule is BC1(F)CC1CN(C)c1cc(Br)ccc1C=C. The molecular weight excluding hydrogens is 280 g/mol. The van der Waals surface area contributed by atoms with Crippen LogP contribution in [0.25, 0.3) is 6.08 Å². The van der Waals surface area contributed by atoms with E-state index in [1.807, 2.05) is 25.3 Å². The first kappa shape index (κ1) is 12.7. The van der Waals surface area contributed by atoms with Gasteiger partial charge in [0.1, 0.15) is 0 Å². The summed E-state index contributed by atoms with van der Waals surface area (Å²) in [5, 5.41) is 0. The van der Waals surface area contributed by atoms with Crippen molar-refractivity contribution >= 4 is 35.5 Å². The van der Waals surface area contributed by atoms with Gasteiger partial charge in [-0.2, -0.15) is 0 Å². The summed E-state index contributed by atoms with van der Waals surface area (Å²) < 4.78 is 14.6. The largest absolute Gasteiger partial charge is 0.374 e. The molecule has 1 aromatic rings. The van der Waals surface area contributed by atoms with Gasteiger partial charge >= 0.3 is 0 Å². The third-order valence-electron chi connectivity index (χ3n) is 3.45. The Morgan fingerprint density at radius 3 is 2.88 bits per heavy atom. The number of hydrogen-bond acceptors (Lipinski definition) is 1. The van der Waals surface area contributed by atoms with E-state index in [4.69, 9.17) is 0 Å². The predicted octanol–water partition coefficient (Wildman–Crippen LogP) is 2.85. The van der Waals surface area contributed by atoms with Gasteiger partial charge in [-0.15, -0.1) is 0 Å². The second kappa shape index (κ2) is 4.49. The molecule has 1 nitrogen and oxygen atoms in total. The van der Waals surface area contributed by atoms with Gasteiger partial charge in [-0.1, -0.05) is 34.7 Å². The van der Waals surface area contributed by atoms with Gasteiger partial charge in [-0.3, -0.25) is 4.39 Å². The van der Waals surface area contributed by atoms with Crippen molar-refractivity contribution in [2.75, 3.05) is 18.5 Å². The Bertz CT molecular complexity index is 447. The summed E-state index contributed by atoms with van der Waals surface area (Å²) >= 11 is 3.46. The van der Waals surface area contributed by atoms with Crippen molar-refractivity contribution < 1.29 is 4.39 Å². The van der Waals surface area contributed by atoms with Crippen LogP contribution in [0.4, 0.5) is 10.1 Å². The molecule has 1 saturated carbocycles. The average molecular weight is 296 g/mol. The highest BCUT2D eigenvalue weighted by Crippen LogP contribution is 2.45.